The predicted molar refractivity (Wildman–Crippen MR) is 90.6 cm³/mol. The average molecular weight is 328 g/mol. The third-order valence-electron chi connectivity index (χ3n) is 3.99. The van der Waals surface area contributed by atoms with E-state index in [9.17, 15) is 10.5 Å². The first-order valence-corrected chi connectivity index (χ1v) is 7.73. The van der Waals surface area contributed by atoms with Crippen LogP contribution < -0.4 is 14.2 Å². The first-order valence-electron chi connectivity index (χ1n) is 7.73. The maximum Gasteiger partial charge on any atom is 0.162 e. The van der Waals surface area contributed by atoms with Crippen LogP contribution in [0.3, 0.4) is 0 Å². The highest BCUT2D eigenvalue weighted by Crippen LogP contribution is 2.40. The number of benzene rings is 2. The molecule has 0 saturated heterocycles. The summed E-state index contributed by atoms with van der Waals surface area (Å²) >= 11 is 0. The van der Waals surface area contributed by atoms with Gasteiger partial charge >= 0.3 is 0 Å². The van der Waals surface area contributed by atoms with Crippen molar-refractivity contribution in [3.05, 3.63) is 65.2 Å². The molecule has 2 aliphatic rings. The van der Waals surface area contributed by atoms with Crippen molar-refractivity contribution in [3.8, 4) is 29.4 Å². The van der Waals surface area contributed by atoms with Crippen LogP contribution in [-0.2, 0) is 0 Å². The van der Waals surface area contributed by atoms with Gasteiger partial charge < -0.3 is 14.2 Å². The van der Waals surface area contributed by atoms with Crippen LogP contribution in [0.4, 0.5) is 0 Å². The standard InChI is InChI=1S/C20H12N2O3/c21-11-14(12-22)16-10-19(25-17-4-2-1-3-15(16)17)13-5-6-18-20(9-13)24-8-7-23-18/h1-6,9-10H,7-8H2. The topological polar surface area (TPSA) is 75.3 Å². The molecular weight excluding hydrogens is 316 g/mol. The number of allylic oxidation sites excluding steroid dienone is 3. The Morgan fingerprint density at radius 3 is 2.44 bits per heavy atom. The van der Waals surface area contributed by atoms with E-state index in [-0.39, 0.29) is 5.57 Å². The van der Waals surface area contributed by atoms with Crippen LogP contribution in [0.25, 0.3) is 11.3 Å². The molecule has 0 amide bonds. The Morgan fingerprint density at radius 1 is 0.880 bits per heavy atom. The van der Waals surface area contributed by atoms with Gasteiger partial charge in [0.1, 0.15) is 42.4 Å². The molecule has 5 heteroatoms. The number of rotatable bonds is 1. The molecule has 2 aromatic carbocycles. The van der Waals surface area contributed by atoms with Crippen molar-refractivity contribution in [3.63, 3.8) is 0 Å². The molecule has 0 atom stereocenters. The first kappa shape index (κ1) is 14.9. The lowest BCUT2D eigenvalue weighted by Crippen LogP contribution is -2.15. The highest BCUT2D eigenvalue weighted by molar-refractivity contribution is 5.92. The van der Waals surface area contributed by atoms with Gasteiger partial charge in [-0.1, -0.05) is 18.2 Å². The summed E-state index contributed by atoms with van der Waals surface area (Å²) in [5.74, 6) is 2.50. The maximum atomic E-state index is 9.28. The average Bonchev–Trinajstić information content (AvgIpc) is 2.68. The largest absolute Gasteiger partial charge is 0.486 e. The highest BCUT2D eigenvalue weighted by atomic mass is 16.6. The van der Waals surface area contributed by atoms with Crippen molar-refractivity contribution in [2.45, 2.75) is 0 Å². The summed E-state index contributed by atoms with van der Waals surface area (Å²) < 4.78 is 17.1. The summed E-state index contributed by atoms with van der Waals surface area (Å²) in [6, 6.07) is 16.8. The molecule has 0 spiro atoms. The molecule has 0 aromatic heterocycles. The summed E-state index contributed by atoms with van der Waals surface area (Å²) in [6.45, 7) is 1.02. The minimum Gasteiger partial charge on any atom is -0.486 e. The van der Waals surface area contributed by atoms with Gasteiger partial charge in [0.15, 0.2) is 11.5 Å². The lowest BCUT2D eigenvalue weighted by molar-refractivity contribution is 0.171. The summed E-state index contributed by atoms with van der Waals surface area (Å²) in [6.07, 6.45) is 1.72. The van der Waals surface area contributed by atoms with Gasteiger partial charge in [-0.15, -0.1) is 0 Å². The van der Waals surface area contributed by atoms with E-state index in [1.165, 1.54) is 0 Å². The second-order valence-corrected chi connectivity index (χ2v) is 5.48. The Morgan fingerprint density at radius 2 is 1.64 bits per heavy atom. The number of hydrogen-bond acceptors (Lipinski definition) is 5. The minimum atomic E-state index is 0.0470. The van der Waals surface area contributed by atoms with E-state index in [1.54, 1.807) is 6.08 Å². The summed E-state index contributed by atoms with van der Waals surface area (Å²) in [4.78, 5) is 0. The molecule has 0 bridgehead atoms. The van der Waals surface area contributed by atoms with E-state index in [0.717, 1.165) is 11.1 Å². The Labute approximate surface area is 144 Å². The van der Waals surface area contributed by atoms with Crippen molar-refractivity contribution in [2.24, 2.45) is 0 Å². The SMILES string of the molecule is N#CC(C#N)=C1C=C(c2ccc3c(c2)OCCO3)Oc2ccccc21. The van der Waals surface area contributed by atoms with Crippen LogP contribution in [0.15, 0.2) is 54.1 Å². The lowest BCUT2D eigenvalue weighted by atomic mass is 9.96. The Hall–Kier alpha value is -3.70. The van der Waals surface area contributed by atoms with Gasteiger partial charge in [-0.3, -0.25) is 0 Å². The lowest BCUT2D eigenvalue weighted by Gasteiger charge is -2.22. The molecule has 25 heavy (non-hydrogen) atoms. The molecule has 120 valence electrons. The molecule has 0 radical (unpaired) electrons. The van der Waals surface area contributed by atoms with Gasteiger partial charge in [0.05, 0.1) is 0 Å². The van der Waals surface area contributed by atoms with Crippen molar-refractivity contribution in [1.29, 1.82) is 10.5 Å². The number of nitrogens with zero attached hydrogens (tertiary/aromatic N) is 2. The van der Waals surface area contributed by atoms with Crippen LogP contribution in [0.2, 0.25) is 0 Å². The number of hydrogen-bond donors (Lipinski definition) is 0. The van der Waals surface area contributed by atoms with Crippen LogP contribution in [0.1, 0.15) is 11.1 Å². The van der Waals surface area contributed by atoms with Crippen molar-refractivity contribution < 1.29 is 14.2 Å². The monoisotopic (exact) mass is 328 g/mol. The van der Waals surface area contributed by atoms with Crippen LogP contribution >= 0.6 is 0 Å². The summed E-state index contributed by atoms with van der Waals surface area (Å²) in [5.41, 5.74) is 2.11. The summed E-state index contributed by atoms with van der Waals surface area (Å²) in [5, 5.41) is 18.6. The van der Waals surface area contributed by atoms with Crippen molar-refractivity contribution >= 4 is 11.3 Å². The van der Waals surface area contributed by atoms with Gasteiger partial charge in [-0.2, -0.15) is 10.5 Å². The molecule has 0 fully saturated rings. The number of fused-ring (bicyclic) bond motifs is 2. The van der Waals surface area contributed by atoms with Gasteiger partial charge in [0.25, 0.3) is 0 Å². The van der Waals surface area contributed by atoms with Crippen LogP contribution in [-0.4, -0.2) is 13.2 Å². The van der Waals surface area contributed by atoms with Gasteiger partial charge in [0.2, 0.25) is 0 Å². The zero-order chi connectivity index (χ0) is 17.2. The van der Waals surface area contributed by atoms with E-state index in [0.29, 0.717) is 41.8 Å². The molecule has 5 nitrogen and oxygen atoms in total. The predicted octanol–water partition coefficient (Wildman–Crippen LogP) is 3.69. The highest BCUT2D eigenvalue weighted by Gasteiger charge is 2.22. The zero-order valence-electron chi connectivity index (χ0n) is 13.2. The maximum absolute atomic E-state index is 9.28. The third-order valence-corrected chi connectivity index (χ3v) is 3.99. The molecule has 4 rings (SSSR count). The first-order chi connectivity index (χ1) is 12.3. The fourth-order valence-electron chi connectivity index (χ4n) is 2.83. The van der Waals surface area contributed by atoms with E-state index in [2.05, 4.69) is 0 Å². The fourth-order valence-corrected chi connectivity index (χ4v) is 2.83. The normalized spacial score (nSPS) is 14.3. The number of ether oxygens (including phenoxy) is 3. The molecule has 0 aliphatic carbocycles. The van der Waals surface area contributed by atoms with Gasteiger partial charge in [-0.25, -0.2) is 0 Å². The smallest absolute Gasteiger partial charge is 0.162 e. The van der Waals surface area contributed by atoms with Gasteiger partial charge in [-0.05, 0) is 30.3 Å². The van der Waals surface area contributed by atoms with Crippen molar-refractivity contribution in [2.75, 3.05) is 13.2 Å². The second kappa shape index (κ2) is 6.07. The number of nitriles is 2. The Kier molecular flexibility index (Phi) is 3.61. The van der Waals surface area contributed by atoms with E-state index in [1.807, 2.05) is 54.6 Å². The van der Waals surface area contributed by atoms with E-state index < -0.39 is 0 Å². The van der Waals surface area contributed by atoms with Crippen molar-refractivity contribution in [1.82, 2.24) is 0 Å². The van der Waals surface area contributed by atoms with E-state index >= 15 is 0 Å². The van der Waals surface area contributed by atoms with Gasteiger partial charge in [0, 0.05) is 16.7 Å². The molecule has 0 N–H and O–H groups in total. The van der Waals surface area contributed by atoms with Crippen LogP contribution in [0.5, 0.6) is 17.2 Å². The molecular formula is C20H12N2O3. The second-order valence-electron chi connectivity index (χ2n) is 5.48. The zero-order valence-corrected chi connectivity index (χ0v) is 13.2. The molecule has 0 unspecified atom stereocenters. The quantitative estimate of drug-likeness (QED) is 0.746. The molecule has 2 aliphatic heterocycles. The van der Waals surface area contributed by atoms with Crippen LogP contribution in [0, 0.1) is 22.7 Å². The number of para-hydroxylation sites is 1. The minimum absolute atomic E-state index is 0.0470. The Balaban J connectivity index is 1.85. The molecule has 0 saturated carbocycles. The molecule has 2 aromatic rings. The molecule has 2 heterocycles. The summed E-state index contributed by atoms with van der Waals surface area (Å²) in [7, 11) is 0. The Bertz CT molecular complexity index is 990. The fraction of sp³-hybridized carbons (Fsp3) is 0.100. The third kappa shape index (κ3) is 2.58. The van der Waals surface area contributed by atoms with E-state index in [4.69, 9.17) is 14.2 Å².